The van der Waals surface area contributed by atoms with Gasteiger partial charge in [0.05, 0.1) is 0 Å². The zero-order valence-corrected chi connectivity index (χ0v) is 22.5. The van der Waals surface area contributed by atoms with Crippen molar-refractivity contribution in [3.63, 3.8) is 0 Å². The number of hydrogen-bond acceptors (Lipinski definition) is 0. The van der Waals surface area contributed by atoms with E-state index in [2.05, 4.69) is 47.5 Å². The average molecular weight is 512 g/mol. The fourth-order valence-electron chi connectivity index (χ4n) is 4.31. The minimum atomic E-state index is -1.11. The molecule has 0 rings (SSSR count). The molecule has 27 heavy (non-hydrogen) atoms. The summed E-state index contributed by atoms with van der Waals surface area (Å²) in [5.74, 6) is 0. The molecule has 0 saturated carbocycles. The monoisotopic (exact) mass is 511 g/mol. The standard InChI is InChI=1S/C25H53IP/c1-4-7-10-13-16-19-22-27(25-26,23-20-17-14-11-8-5-2)24-21-18-15-12-9-6-3/h25,27H,4-24H2,1-3H3. The summed E-state index contributed by atoms with van der Waals surface area (Å²) in [6.07, 6.45) is 31.1. The van der Waals surface area contributed by atoms with E-state index in [4.69, 9.17) is 0 Å². The molecule has 0 amide bonds. The van der Waals surface area contributed by atoms with Crippen LogP contribution in [0.3, 0.4) is 0 Å². The van der Waals surface area contributed by atoms with E-state index in [1.54, 1.807) is 18.5 Å². The van der Waals surface area contributed by atoms with Gasteiger partial charge in [-0.05, 0) is 0 Å². The molecule has 0 spiro atoms. The van der Waals surface area contributed by atoms with E-state index in [-0.39, 0.29) is 0 Å². The summed E-state index contributed by atoms with van der Waals surface area (Å²) in [4.78, 5) is 0. The Morgan fingerprint density at radius 3 is 0.963 bits per heavy atom. The summed E-state index contributed by atoms with van der Waals surface area (Å²) in [6, 6.07) is 0. The van der Waals surface area contributed by atoms with Gasteiger partial charge in [0.15, 0.2) is 0 Å². The van der Waals surface area contributed by atoms with E-state index in [0.717, 1.165) is 0 Å². The molecule has 0 unspecified atom stereocenters. The van der Waals surface area contributed by atoms with Gasteiger partial charge in [-0.3, -0.25) is 0 Å². The summed E-state index contributed by atoms with van der Waals surface area (Å²) >= 11 is 2.66. The Kier molecular flexibility index (Phi) is 22.8. The molecule has 2 heteroatoms. The van der Waals surface area contributed by atoms with Gasteiger partial charge < -0.3 is 0 Å². The summed E-state index contributed by atoms with van der Waals surface area (Å²) < 4.78 is 2.73. The van der Waals surface area contributed by atoms with Gasteiger partial charge in [0.1, 0.15) is 0 Å². The molecule has 0 atom stereocenters. The van der Waals surface area contributed by atoms with E-state index in [1.807, 2.05) is 0 Å². The second-order valence-electron chi connectivity index (χ2n) is 9.02. The van der Waals surface area contributed by atoms with Gasteiger partial charge in [0, 0.05) is 0 Å². The molecule has 0 N–H and O–H groups in total. The molecule has 0 aromatic carbocycles. The van der Waals surface area contributed by atoms with Crippen molar-refractivity contribution in [2.24, 2.45) is 0 Å². The maximum absolute atomic E-state index is 2.73. The Labute approximate surface area is 188 Å². The molecule has 0 aliphatic heterocycles. The second kappa shape index (κ2) is 21.9. The van der Waals surface area contributed by atoms with Crippen LogP contribution < -0.4 is 0 Å². The topological polar surface area (TPSA) is 0 Å². The van der Waals surface area contributed by atoms with Crippen molar-refractivity contribution in [2.45, 2.75) is 136 Å². The molecular formula is C25H53IP. The predicted molar refractivity (Wildman–Crippen MR) is 141 cm³/mol. The molecular weight excluding hydrogens is 458 g/mol. The van der Waals surface area contributed by atoms with E-state index in [1.165, 1.54) is 116 Å². The molecule has 0 aromatic heterocycles. The molecule has 0 fully saturated rings. The third kappa shape index (κ3) is 17.7. The Morgan fingerprint density at radius 1 is 0.444 bits per heavy atom. The Hall–Kier alpha value is 1.16. The molecule has 0 nitrogen and oxygen atoms in total. The third-order valence-corrected chi connectivity index (χ3v) is 14.8. The molecule has 165 valence electrons. The van der Waals surface area contributed by atoms with E-state index < -0.39 is 7.26 Å². The van der Waals surface area contributed by atoms with E-state index in [9.17, 15) is 0 Å². The van der Waals surface area contributed by atoms with Crippen LogP contribution >= 0.6 is 29.9 Å². The first kappa shape index (κ1) is 28.2. The van der Waals surface area contributed by atoms with Crippen LogP contribution in [0, 0.1) is 4.17 Å². The summed E-state index contributed by atoms with van der Waals surface area (Å²) in [6.45, 7) is 6.97. The van der Waals surface area contributed by atoms with Crippen molar-refractivity contribution in [2.75, 3.05) is 18.5 Å². The molecule has 0 aromatic rings. The first-order valence-corrected chi connectivity index (χ1v) is 16.6. The molecule has 0 bridgehead atoms. The van der Waals surface area contributed by atoms with Crippen molar-refractivity contribution >= 4 is 29.9 Å². The van der Waals surface area contributed by atoms with Crippen LogP contribution in [-0.4, -0.2) is 18.5 Å². The first-order valence-electron chi connectivity index (χ1n) is 12.7. The van der Waals surface area contributed by atoms with Gasteiger partial charge in [0.2, 0.25) is 0 Å². The van der Waals surface area contributed by atoms with Crippen LogP contribution in [0.2, 0.25) is 0 Å². The summed E-state index contributed by atoms with van der Waals surface area (Å²) in [5.41, 5.74) is 0. The predicted octanol–water partition coefficient (Wildman–Crippen LogP) is 10.4. The van der Waals surface area contributed by atoms with Crippen LogP contribution in [0.4, 0.5) is 0 Å². The second-order valence-corrected chi connectivity index (χ2v) is 15.3. The van der Waals surface area contributed by atoms with Gasteiger partial charge in [0.25, 0.3) is 0 Å². The van der Waals surface area contributed by atoms with E-state index in [0.29, 0.717) is 0 Å². The van der Waals surface area contributed by atoms with Gasteiger partial charge in [-0.25, -0.2) is 0 Å². The van der Waals surface area contributed by atoms with Gasteiger partial charge in [-0.2, -0.15) is 0 Å². The number of hydrogen-bond donors (Lipinski definition) is 0. The van der Waals surface area contributed by atoms with Gasteiger partial charge in [-0.15, -0.1) is 0 Å². The Bertz CT molecular complexity index is 239. The fraction of sp³-hybridized carbons (Fsp3) is 0.960. The third-order valence-electron chi connectivity index (χ3n) is 6.32. The molecule has 0 heterocycles. The maximum atomic E-state index is 2.73. The van der Waals surface area contributed by atoms with Crippen molar-refractivity contribution in [3.8, 4) is 0 Å². The van der Waals surface area contributed by atoms with Gasteiger partial charge >= 0.3 is 189 Å². The summed E-state index contributed by atoms with van der Waals surface area (Å²) in [7, 11) is -1.11. The molecule has 0 aliphatic rings. The van der Waals surface area contributed by atoms with Crippen LogP contribution in [0.5, 0.6) is 0 Å². The zero-order valence-electron chi connectivity index (χ0n) is 19.3. The van der Waals surface area contributed by atoms with Crippen molar-refractivity contribution < 1.29 is 0 Å². The molecule has 1 radical (unpaired) electrons. The van der Waals surface area contributed by atoms with Gasteiger partial charge in [-0.1, -0.05) is 0 Å². The van der Waals surface area contributed by atoms with Crippen LogP contribution in [0.25, 0.3) is 0 Å². The Balaban J connectivity index is 4.23. The van der Waals surface area contributed by atoms with Crippen molar-refractivity contribution in [1.82, 2.24) is 0 Å². The zero-order chi connectivity index (χ0) is 20.1. The number of rotatable bonds is 22. The van der Waals surface area contributed by atoms with Crippen molar-refractivity contribution in [1.29, 1.82) is 0 Å². The SMILES string of the molecule is CCCCCCCC[PH]([CH]I)(CCCCCCCC)CCCCCCCC. The van der Waals surface area contributed by atoms with Crippen LogP contribution in [0.1, 0.15) is 136 Å². The van der Waals surface area contributed by atoms with Crippen LogP contribution in [0.15, 0.2) is 0 Å². The normalized spacial score (nSPS) is 12.6. The van der Waals surface area contributed by atoms with Crippen molar-refractivity contribution in [3.05, 3.63) is 4.17 Å². The average Bonchev–Trinajstić information content (AvgIpc) is 2.69. The Morgan fingerprint density at radius 2 is 0.704 bits per heavy atom. The van der Waals surface area contributed by atoms with E-state index >= 15 is 0 Å². The first-order chi connectivity index (χ1) is 13.2. The van der Waals surface area contributed by atoms with Crippen LogP contribution in [-0.2, 0) is 0 Å². The number of unbranched alkanes of at least 4 members (excludes halogenated alkanes) is 15. The molecule has 0 saturated heterocycles. The minimum absolute atomic E-state index is 1.11. The molecule has 0 aliphatic carbocycles. The number of halogens is 1. The summed E-state index contributed by atoms with van der Waals surface area (Å²) in [5, 5.41) is 0. The quantitative estimate of drug-likeness (QED) is 0.0770. The fourth-order valence-corrected chi connectivity index (χ4v) is 11.1.